The number of hydrogen-bond donors (Lipinski definition) is 0. The molecule has 4 unspecified atom stereocenters. The average Bonchev–Trinajstić information content (AvgIpc) is 2.92. The van der Waals surface area contributed by atoms with E-state index in [-0.39, 0.29) is 0 Å². The minimum atomic E-state index is -0.400. The van der Waals surface area contributed by atoms with Gasteiger partial charge in [-0.25, -0.2) is 0 Å². The van der Waals surface area contributed by atoms with Crippen molar-refractivity contribution < 1.29 is 14.3 Å². The summed E-state index contributed by atoms with van der Waals surface area (Å²) in [7, 11) is 0. The van der Waals surface area contributed by atoms with Gasteiger partial charge in [0.05, 0.1) is 12.7 Å². The maximum atomic E-state index is 11.9. The minimum absolute atomic E-state index is 0.300. The molecular weight excluding hydrogens is 300 g/mol. The highest BCUT2D eigenvalue weighted by Gasteiger charge is 2.62. The standard InChI is InChI=1S/C21H32O3/c1-20(2)23-12-21-10-9-16-15-6-4-14(22)11-13(15)3-5-17(16)18(21)7-8-19(21)24-20/h13,15-19H,3-12H2,1-2H3/t13-,15?,16?,17?,18?,19-,21+/m0/s1. The normalized spacial score (nSPS) is 52.8. The first-order chi connectivity index (χ1) is 11.5. The molecule has 7 atom stereocenters. The van der Waals surface area contributed by atoms with Gasteiger partial charge in [-0.15, -0.1) is 0 Å². The predicted molar refractivity (Wildman–Crippen MR) is 91.3 cm³/mol. The molecule has 0 bridgehead atoms. The van der Waals surface area contributed by atoms with Crippen LogP contribution in [-0.4, -0.2) is 24.3 Å². The molecule has 0 amide bonds. The van der Waals surface area contributed by atoms with Gasteiger partial charge < -0.3 is 9.47 Å². The zero-order valence-corrected chi connectivity index (χ0v) is 15.3. The second kappa shape index (κ2) is 5.30. The minimum Gasteiger partial charge on any atom is -0.350 e. The van der Waals surface area contributed by atoms with Crippen LogP contribution < -0.4 is 0 Å². The molecule has 0 radical (unpaired) electrons. The molecule has 1 saturated heterocycles. The lowest BCUT2D eigenvalue weighted by molar-refractivity contribution is -0.325. The molecular formula is C21H32O3. The number of carbonyl (C=O) groups is 1. The van der Waals surface area contributed by atoms with Gasteiger partial charge >= 0.3 is 0 Å². The summed E-state index contributed by atoms with van der Waals surface area (Å²) in [6.45, 7) is 5.05. The van der Waals surface area contributed by atoms with E-state index in [1.54, 1.807) is 0 Å². The van der Waals surface area contributed by atoms with E-state index in [1.165, 1.54) is 44.9 Å². The van der Waals surface area contributed by atoms with E-state index in [0.29, 0.717) is 23.2 Å². The smallest absolute Gasteiger partial charge is 0.163 e. The molecule has 4 saturated carbocycles. The van der Waals surface area contributed by atoms with Gasteiger partial charge in [-0.1, -0.05) is 0 Å². The summed E-state index contributed by atoms with van der Waals surface area (Å²) in [5, 5.41) is 0. The van der Waals surface area contributed by atoms with Gasteiger partial charge in [-0.3, -0.25) is 4.79 Å². The van der Waals surface area contributed by atoms with Crippen LogP contribution in [0.4, 0.5) is 0 Å². The number of carbonyl (C=O) groups excluding carboxylic acids is 1. The highest BCUT2D eigenvalue weighted by Crippen LogP contribution is 2.64. The van der Waals surface area contributed by atoms with Crippen molar-refractivity contribution in [1.82, 2.24) is 0 Å². The summed E-state index contributed by atoms with van der Waals surface area (Å²) in [6, 6.07) is 0. The third-order valence-electron chi connectivity index (χ3n) is 8.52. The fourth-order valence-corrected chi connectivity index (χ4v) is 7.55. The van der Waals surface area contributed by atoms with Gasteiger partial charge in [0, 0.05) is 18.3 Å². The Labute approximate surface area is 145 Å². The molecule has 3 heteroatoms. The summed E-state index contributed by atoms with van der Waals surface area (Å²) < 4.78 is 12.6. The first-order valence-corrected chi connectivity index (χ1v) is 10.3. The van der Waals surface area contributed by atoms with Gasteiger partial charge in [0.1, 0.15) is 5.78 Å². The van der Waals surface area contributed by atoms with Crippen LogP contribution in [0.25, 0.3) is 0 Å². The molecule has 24 heavy (non-hydrogen) atoms. The molecule has 0 aromatic rings. The Hall–Kier alpha value is -0.410. The van der Waals surface area contributed by atoms with E-state index in [0.717, 1.165) is 43.1 Å². The topological polar surface area (TPSA) is 35.5 Å². The fourth-order valence-electron chi connectivity index (χ4n) is 7.55. The van der Waals surface area contributed by atoms with Gasteiger partial charge in [-0.2, -0.15) is 0 Å². The Morgan fingerprint density at radius 2 is 1.83 bits per heavy atom. The SMILES string of the molecule is CC1(C)OC[C@]23CCC4C(CC[C@H]5CC(=O)CCC45)C2CC[C@@H]3O1. The predicted octanol–water partition coefficient (Wildman–Crippen LogP) is 4.34. The number of rotatable bonds is 0. The van der Waals surface area contributed by atoms with E-state index >= 15 is 0 Å². The van der Waals surface area contributed by atoms with Gasteiger partial charge in [0.25, 0.3) is 0 Å². The largest absolute Gasteiger partial charge is 0.350 e. The van der Waals surface area contributed by atoms with E-state index in [2.05, 4.69) is 13.8 Å². The Balaban J connectivity index is 1.39. The molecule has 0 N–H and O–H groups in total. The maximum absolute atomic E-state index is 11.9. The van der Waals surface area contributed by atoms with Gasteiger partial charge in [-0.05, 0) is 88.4 Å². The van der Waals surface area contributed by atoms with Crippen LogP contribution in [0.3, 0.4) is 0 Å². The molecule has 3 nitrogen and oxygen atoms in total. The summed E-state index contributed by atoms with van der Waals surface area (Å²) >= 11 is 0. The zero-order valence-electron chi connectivity index (χ0n) is 15.3. The molecule has 5 aliphatic rings. The molecule has 1 spiro atoms. The van der Waals surface area contributed by atoms with Gasteiger partial charge in [0.15, 0.2) is 5.79 Å². The Bertz CT molecular complexity index is 541. The van der Waals surface area contributed by atoms with E-state index in [9.17, 15) is 4.79 Å². The number of fused-ring (bicyclic) bond motifs is 4. The highest BCUT2D eigenvalue weighted by atomic mass is 16.7. The molecule has 4 aliphatic carbocycles. The van der Waals surface area contributed by atoms with Crippen molar-refractivity contribution in [2.75, 3.05) is 6.61 Å². The lowest BCUT2D eigenvalue weighted by Crippen LogP contribution is -2.57. The van der Waals surface area contributed by atoms with Crippen LogP contribution in [0.5, 0.6) is 0 Å². The molecule has 0 aromatic heterocycles. The first kappa shape index (κ1) is 15.8. The molecule has 1 heterocycles. The van der Waals surface area contributed by atoms with Crippen molar-refractivity contribution in [3.63, 3.8) is 0 Å². The van der Waals surface area contributed by atoms with Crippen LogP contribution in [-0.2, 0) is 14.3 Å². The molecule has 5 fully saturated rings. The quantitative estimate of drug-likeness (QED) is 0.662. The number of Topliss-reactive ketones (excluding diaryl/α,β-unsaturated/α-hetero) is 1. The van der Waals surface area contributed by atoms with Crippen molar-refractivity contribution in [3.8, 4) is 0 Å². The average molecular weight is 332 g/mol. The summed E-state index contributed by atoms with van der Waals surface area (Å²) in [6.07, 6.45) is 11.2. The Morgan fingerprint density at radius 3 is 2.71 bits per heavy atom. The summed E-state index contributed by atoms with van der Waals surface area (Å²) in [5.41, 5.74) is 0.300. The van der Waals surface area contributed by atoms with Crippen molar-refractivity contribution in [2.45, 2.75) is 83.5 Å². The van der Waals surface area contributed by atoms with E-state index in [1.807, 2.05) is 0 Å². The van der Waals surface area contributed by atoms with E-state index in [4.69, 9.17) is 9.47 Å². The second-order valence-electron chi connectivity index (χ2n) is 9.86. The number of ketones is 1. The molecule has 1 aliphatic heterocycles. The lowest BCUT2D eigenvalue weighted by Gasteiger charge is -2.58. The highest BCUT2D eigenvalue weighted by molar-refractivity contribution is 5.79. The zero-order chi connectivity index (χ0) is 16.5. The lowest BCUT2D eigenvalue weighted by atomic mass is 9.50. The molecule has 134 valence electrons. The van der Waals surface area contributed by atoms with Crippen LogP contribution in [0.1, 0.15) is 71.6 Å². The Morgan fingerprint density at radius 1 is 0.958 bits per heavy atom. The van der Waals surface area contributed by atoms with Crippen LogP contribution in [0, 0.1) is 35.0 Å². The van der Waals surface area contributed by atoms with Crippen molar-refractivity contribution in [1.29, 1.82) is 0 Å². The second-order valence-corrected chi connectivity index (χ2v) is 9.86. The monoisotopic (exact) mass is 332 g/mol. The third kappa shape index (κ3) is 2.19. The third-order valence-corrected chi connectivity index (χ3v) is 8.52. The number of hydrogen-bond acceptors (Lipinski definition) is 3. The summed E-state index contributed by atoms with van der Waals surface area (Å²) in [4.78, 5) is 11.9. The van der Waals surface area contributed by atoms with Crippen molar-refractivity contribution >= 4 is 5.78 Å². The van der Waals surface area contributed by atoms with Crippen LogP contribution in [0.15, 0.2) is 0 Å². The van der Waals surface area contributed by atoms with Crippen LogP contribution in [0.2, 0.25) is 0 Å². The van der Waals surface area contributed by atoms with Gasteiger partial charge in [0.2, 0.25) is 0 Å². The van der Waals surface area contributed by atoms with Crippen LogP contribution >= 0.6 is 0 Å². The first-order valence-electron chi connectivity index (χ1n) is 10.3. The fraction of sp³-hybridized carbons (Fsp3) is 0.952. The summed E-state index contributed by atoms with van der Waals surface area (Å²) in [5.74, 6) is 4.21. The van der Waals surface area contributed by atoms with Crippen molar-refractivity contribution in [3.05, 3.63) is 0 Å². The molecule has 5 rings (SSSR count). The molecule has 0 aromatic carbocycles. The van der Waals surface area contributed by atoms with E-state index < -0.39 is 5.79 Å². The maximum Gasteiger partial charge on any atom is 0.163 e. The Kier molecular flexibility index (Phi) is 3.49. The number of ether oxygens (including phenoxy) is 2. The van der Waals surface area contributed by atoms with Crippen molar-refractivity contribution in [2.24, 2.45) is 35.0 Å².